The van der Waals surface area contributed by atoms with Crippen LogP contribution >= 0.6 is 0 Å². The van der Waals surface area contributed by atoms with Gasteiger partial charge in [0.2, 0.25) is 5.91 Å². The fraction of sp³-hybridized carbons (Fsp3) is 0.800. The summed E-state index contributed by atoms with van der Waals surface area (Å²) in [4.78, 5) is 21.9. The molecule has 82 valence electrons. The molecule has 1 atom stereocenters. The van der Waals surface area contributed by atoms with Crippen LogP contribution in [-0.2, 0) is 9.59 Å². The van der Waals surface area contributed by atoms with Gasteiger partial charge in [0.05, 0.1) is 6.42 Å². The molecule has 0 aromatic heterocycles. The van der Waals surface area contributed by atoms with Crippen LogP contribution in [0.1, 0.15) is 46.5 Å². The Morgan fingerprint density at radius 1 is 1.36 bits per heavy atom. The molecule has 0 fully saturated rings. The first-order valence-corrected chi connectivity index (χ1v) is 4.96. The van der Waals surface area contributed by atoms with Crippen LogP contribution in [0.5, 0.6) is 0 Å². The lowest BCUT2D eigenvalue weighted by molar-refractivity contribution is -0.139. The van der Waals surface area contributed by atoms with Crippen molar-refractivity contribution >= 4 is 11.9 Å². The second kappa shape index (κ2) is 5.62. The summed E-state index contributed by atoms with van der Waals surface area (Å²) >= 11 is 0. The Morgan fingerprint density at radius 2 is 1.93 bits per heavy atom. The number of carbonyl (C=O) groups is 2. The lowest BCUT2D eigenvalue weighted by Crippen LogP contribution is -2.46. The minimum absolute atomic E-state index is 0.0288. The third-order valence-electron chi connectivity index (χ3n) is 2.24. The predicted octanol–water partition coefficient (Wildman–Crippen LogP) is 1.55. The average molecular weight is 201 g/mol. The molecule has 0 aliphatic carbocycles. The van der Waals surface area contributed by atoms with Gasteiger partial charge in [-0.05, 0) is 19.8 Å². The molecule has 0 aliphatic rings. The number of amides is 1. The lowest BCUT2D eigenvalue weighted by atomic mass is 9.94. The molecule has 0 saturated heterocycles. The molecular weight excluding hydrogens is 182 g/mol. The van der Waals surface area contributed by atoms with Gasteiger partial charge in [-0.25, -0.2) is 0 Å². The SMILES string of the molecule is CCCC(=O)NC(C)(CC)CC(=O)O. The van der Waals surface area contributed by atoms with Gasteiger partial charge in [0.15, 0.2) is 0 Å². The third-order valence-corrected chi connectivity index (χ3v) is 2.24. The second-order valence-corrected chi connectivity index (χ2v) is 3.78. The molecule has 0 aromatic carbocycles. The van der Waals surface area contributed by atoms with Crippen molar-refractivity contribution in [1.82, 2.24) is 5.32 Å². The van der Waals surface area contributed by atoms with E-state index in [1.807, 2.05) is 13.8 Å². The van der Waals surface area contributed by atoms with E-state index >= 15 is 0 Å². The Hall–Kier alpha value is -1.06. The number of rotatable bonds is 6. The number of carboxylic acid groups (broad SMARTS) is 1. The highest BCUT2D eigenvalue weighted by Gasteiger charge is 2.26. The van der Waals surface area contributed by atoms with Crippen molar-refractivity contribution in [2.75, 3.05) is 0 Å². The van der Waals surface area contributed by atoms with Crippen LogP contribution in [0.2, 0.25) is 0 Å². The van der Waals surface area contributed by atoms with Gasteiger partial charge in [0, 0.05) is 12.0 Å². The van der Waals surface area contributed by atoms with Gasteiger partial charge < -0.3 is 10.4 Å². The van der Waals surface area contributed by atoms with Gasteiger partial charge in [-0.2, -0.15) is 0 Å². The summed E-state index contributed by atoms with van der Waals surface area (Å²) in [7, 11) is 0. The lowest BCUT2D eigenvalue weighted by Gasteiger charge is -2.27. The maximum atomic E-state index is 11.3. The molecule has 0 aromatic rings. The number of carbonyl (C=O) groups excluding carboxylic acids is 1. The second-order valence-electron chi connectivity index (χ2n) is 3.78. The maximum absolute atomic E-state index is 11.3. The first-order chi connectivity index (χ1) is 6.43. The zero-order valence-electron chi connectivity index (χ0n) is 9.09. The number of aliphatic carboxylic acids is 1. The van der Waals surface area contributed by atoms with Crippen LogP contribution in [0.3, 0.4) is 0 Å². The van der Waals surface area contributed by atoms with Gasteiger partial charge in [-0.3, -0.25) is 9.59 Å². The molecule has 1 unspecified atom stereocenters. The fourth-order valence-corrected chi connectivity index (χ4v) is 1.22. The Labute approximate surface area is 84.7 Å². The van der Waals surface area contributed by atoms with Crippen LogP contribution in [0.25, 0.3) is 0 Å². The average Bonchev–Trinajstić information content (AvgIpc) is 2.02. The van der Waals surface area contributed by atoms with Crippen LogP contribution in [-0.4, -0.2) is 22.5 Å². The monoisotopic (exact) mass is 201 g/mol. The smallest absolute Gasteiger partial charge is 0.305 e. The van der Waals surface area contributed by atoms with Crippen molar-refractivity contribution in [2.45, 2.75) is 52.0 Å². The van der Waals surface area contributed by atoms with Crippen molar-refractivity contribution in [3.05, 3.63) is 0 Å². The summed E-state index contributed by atoms with van der Waals surface area (Å²) in [6.45, 7) is 5.55. The van der Waals surface area contributed by atoms with E-state index in [1.165, 1.54) is 0 Å². The number of carboxylic acids is 1. The molecule has 4 heteroatoms. The van der Waals surface area contributed by atoms with Crippen LogP contribution in [0.4, 0.5) is 0 Å². The molecule has 0 heterocycles. The molecule has 0 saturated carbocycles. The summed E-state index contributed by atoms with van der Waals surface area (Å²) < 4.78 is 0. The highest BCUT2D eigenvalue weighted by atomic mass is 16.4. The Morgan fingerprint density at radius 3 is 2.29 bits per heavy atom. The molecule has 2 N–H and O–H groups in total. The van der Waals surface area contributed by atoms with Gasteiger partial charge in [0.25, 0.3) is 0 Å². The van der Waals surface area contributed by atoms with Crippen molar-refractivity contribution in [3.8, 4) is 0 Å². The first-order valence-electron chi connectivity index (χ1n) is 4.96. The summed E-state index contributed by atoms with van der Waals surface area (Å²) in [5, 5.41) is 11.4. The van der Waals surface area contributed by atoms with Crippen LogP contribution in [0, 0.1) is 0 Å². The van der Waals surface area contributed by atoms with Gasteiger partial charge in [0.1, 0.15) is 0 Å². The molecule has 0 rings (SSSR count). The van der Waals surface area contributed by atoms with E-state index in [0.29, 0.717) is 12.8 Å². The largest absolute Gasteiger partial charge is 0.481 e. The molecule has 4 nitrogen and oxygen atoms in total. The summed E-state index contributed by atoms with van der Waals surface area (Å²) in [6.07, 6.45) is 1.82. The van der Waals surface area contributed by atoms with E-state index in [0.717, 1.165) is 6.42 Å². The highest BCUT2D eigenvalue weighted by Crippen LogP contribution is 2.14. The fourth-order valence-electron chi connectivity index (χ4n) is 1.22. The predicted molar refractivity (Wildman–Crippen MR) is 54.0 cm³/mol. The van der Waals surface area contributed by atoms with E-state index in [2.05, 4.69) is 5.32 Å². The Balaban J connectivity index is 4.24. The standard InChI is InChI=1S/C10H19NO3/c1-4-6-8(12)11-10(3,5-2)7-9(13)14/h4-7H2,1-3H3,(H,11,12)(H,13,14). The number of hydrogen-bond acceptors (Lipinski definition) is 2. The van der Waals surface area contributed by atoms with E-state index in [4.69, 9.17) is 5.11 Å². The first kappa shape index (κ1) is 12.9. The van der Waals surface area contributed by atoms with Gasteiger partial charge in [-0.15, -0.1) is 0 Å². The summed E-state index contributed by atoms with van der Waals surface area (Å²) in [5.41, 5.74) is -0.613. The van der Waals surface area contributed by atoms with Crippen molar-refractivity contribution < 1.29 is 14.7 Å². The maximum Gasteiger partial charge on any atom is 0.305 e. The Bertz CT molecular complexity index is 215. The summed E-state index contributed by atoms with van der Waals surface area (Å²) in [6, 6.07) is 0. The van der Waals surface area contributed by atoms with Gasteiger partial charge in [-0.1, -0.05) is 13.8 Å². The van der Waals surface area contributed by atoms with Crippen LogP contribution < -0.4 is 5.32 Å². The summed E-state index contributed by atoms with van der Waals surface area (Å²) in [5.74, 6) is -0.954. The van der Waals surface area contributed by atoms with Crippen molar-refractivity contribution in [1.29, 1.82) is 0 Å². The van der Waals surface area contributed by atoms with Gasteiger partial charge >= 0.3 is 5.97 Å². The van der Waals surface area contributed by atoms with E-state index in [-0.39, 0.29) is 12.3 Å². The molecule has 1 amide bonds. The molecule has 0 spiro atoms. The zero-order chi connectivity index (χ0) is 11.2. The Kier molecular flexibility index (Phi) is 5.20. The van der Waals surface area contributed by atoms with E-state index in [1.54, 1.807) is 6.92 Å². The number of nitrogens with one attached hydrogen (secondary N) is 1. The minimum atomic E-state index is -0.883. The van der Waals surface area contributed by atoms with Crippen molar-refractivity contribution in [2.24, 2.45) is 0 Å². The number of hydrogen-bond donors (Lipinski definition) is 2. The van der Waals surface area contributed by atoms with Crippen molar-refractivity contribution in [3.63, 3.8) is 0 Å². The minimum Gasteiger partial charge on any atom is -0.481 e. The topological polar surface area (TPSA) is 66.4 Å². The zero-order valence-corrected chi connectivity index (χ0v) is 9.09. The van der Waals surface area contributed by atoms with E-state index in [9.17, 15) is 9.59 Å². The van der Waals surface area contributed by atoms with E-state index < -0.39 is 11.5 Å². The highest BCUT2D eigenvalue weighted by molar-refractivity contribution is 5.78. The quantitative estimate of drug-likeness (QED) is 0.685. The normalized spacial score (nSPS) is 14.5. The molecule has 0 aliphatic heterocycles. The molecule has 14 heavy (non-hydrogen) atoms. The third kappa shape index (κ3) is 4.84. The van der Waals surface area contributed by atoms with Crippen LogP contribution in [0.15, 0.2) is 0 Å². The molecule has 0 radical (unpaired) electrons. The molecule has 0 bridgehead atoms. The molecular formula is C10H19NO3.